The molecule has 1 aromatic heterocycles. The topological polar surface area (TPSA) is 55.1 Å². The highest BCUT2D eigenvalue weighted by Gasteiger charge is 2.21. The molecule has 0 saturated carbocycles. The van der Waals surface area contributed by atoms with Crippen molar-refractivity contribution in [2.75, 3.05) is 18.1 Å². The van der Waals surface area contributed by atoms with Gasteiger partial charge >= 0.3 is 0 Å². The molecule has 2 aromatic carbocycles. The number of anilines is 1. The third-order valence-electron chi connectivity index (χ3n) is 3.99. The molecule has 120 valence electrons. The Balaban J connectivity index is 1.81. The van der Waals surface area contributed by atoms with Gasteiger partial charge < -0.3 is 5.32 Å². The zero-order valence-electron chi connectivity index (χ0n) is 13.5. The van der Waals surface area contributed by atoms with Gasteiger partial charge in [-0.2, -0.15) is 9.78 Å². The molecular formula is C18H17N5S. The lowest BCUT2D eigenvalue weighted by molar-refractivity contribution is 0.762. The Hall–Kier alpha value is -2.60. The molecule has 4 rings (SSSR count). The van der Waals surface area contributed by atoms with Crippen LogP contribution < -0.4 is 5.32 Å². The fourth-order valence-corrected chi connectivity index (χ4v) is 3.52. The van der Waals surface area contributed by atoms with Gasteiger partial charge in [0.1, 0.15) is 0 Å². The predicted octanol–water partition coefficient (Wildman–Crippen LogP) is 3.65. The maximum atomic E-state index is 4.82. The highest BCUT2D eigenvalue weighted by molar-refractivity contribution is 7.99. The minimum Gasteiger partial charge on any atom is -0.388 e. The van der Waals surface area contributed by atoms with E-state index in [-0.39, 0.29) is 0 Å². The fraction of sp³-hybridized carbons (Fsp3) is 0.167. The summed E-state index contributed by atoms with van der Waals surface area (Å²) in [5.74, 6) is 1.56. The van der Waals surface area contributed by atoms with Crippen molar-refractivity contribution in [1.29, 1.82) is 0 Å². The average Bonchev–Trinajstić information content (AvgIpc) is 3.05. The van der Waals surface area contributed by atoms with Crippen molar-refractivity contribution in [3.05, 3.63) is 59.7 Å². The first kappa shape index (κ1) is 15.0. The van der Waals surface area contributed by atoms with Gasteiger partial charge in [-0.1, -0.05) is 53.7 Å². The smallest absolute Gasteiger partial charge is 0.212 e. The summed E-state index contributed by atoms with van der Waals surface area (Å²) >= 11 is 1.66. The number of hydrogen-bond acceptors (Lipinski definition) is 5. The Morgan fingerprint density at radius 1 is 1.04 bits per heavy atom. The number of benzene rings is 2. The van der Waals surface area contributed by atoms with E-state index >= 15 is 0 Å². The van der Waals surface area contributed by atoms with Gasteiger partial charge in [0.05, 0.1) is 5.71 Å². The first-order chi connectivity index (χ1) is 11.8. The monoisotopic (exact) mass is 335 g/mol. The van der Waals surface area contributed by atoms with Crippen molar-refractivity contribution in [2.45, 2.75) is 12.1 Å². The zero-order chi connectivity index (χ0) is 16.5. The van der Waals surface area contributed by atoms with Crippen LogP contribution in [0.5, 0.6) is 0 Å². The minimum absolute atomic E-state index is 0.756. The largest absolute Gasteiger partial charge is 0.388 e. The molecule has 0 amide bonds. The third kappa shape index (κ3) is 2.59. The maximum absolute atomic E-state index is 4.82. The van der Waals surface area contributed by atoms with Crippen LogP contribution in [0, 0.1) is 6.92 Å². The standard InChI is InChI=1S/C18H17N5S/c1-12-7-9-13(10-8-12)16-11-24-18-21-20-17(23(18)22-16)14-5-3-4-6-15(14)19-2/h3-10,19H,11H2,1-2H3. The molecule has 5 nitrogen and oxygen atoms in total. The van der Waals surface area contributed by atoms with E-state index in [1.807, 2.05) is 36.0 Å². The lowest BCUT2D eigenvalue weighted by Gasteiger charge is -2.15. The summed E-state index contributed by atoms with van der Waals surface area (Å²) in [5.41, 5.74) is 5.43. The molecule has 0 bridgehead atoms. The number of aryl methyl sites for hydroxylation is 1. The molecule has 0 atom stereocenters. The van der Waals surface area contributed by atoms with Crippen LogP contribution in [-0.2, 0) is 0 Å². The van der Waals surface area contributed by atoms with E-state index in [1.165, 1.54) is 5.56 Å². The van der Waals surface area contributed by atoms with Crippen LogP contribution in [0.1, 0.15) is 11.1 Å². The molecular weight excluding hydrogens is 318 g/mol. The molecule has 0 aliphatic carbocycles. The first-order valence-electron chi connectivity index (χ1n) is 7.76. The summed E-state index contributed by atoms with van der Waals surface area (Å²) in [6, 6.07) is 16.5. The number of thioether (sulfide) groups is 1. The van der Waals surface area contributed by atoms with E-state index in [4.69, 9.17) is 5.10 Å². The zero-order valence-corrected chi connectivity index (χ0v) is 14.3. The molecule has 0 saturated heterocycles. The van der Waals surface area contributed by atoms with Crippen LogP contribution in [0.15, 0.2) is 58.8 Å². The first-order valence-corrected chi connectivity index (χ1v) is 8.75. The molecule has 0 radical (unpaired) electrons. The number of nitrogens with one attached hydrogen (secondary N) is 1. The molecule has 2 heterocycles. The second-order valence-electron chi connectivity index (χ2n) is 5.61. The molecule has 6 heteroatoms. The van der Waals surface area contributed by atoms with E-state index in [2.05, 4.69) is 46.7 Å². The molecule has 1 aliphatic heterocycles. The van der Waals surface area contributed by atoms with Crippen LogP contribution in [0.4, 0.5) is 5.69 Å². The Morgan fingerprint density at radius 3 is 2.62 bits per heavy atom. The van der Waals surface area contributed by atoms with E-state index in [1.54, 1.807) is 11.8 Å². The minimum atomic E-state index is 0.756. The Labute approximate surface area is 144 Å². The third-order valence-corrected chi connectivity index (χ3v) is 4.92. The van der Waals surface area contributed by atoms with Crippen molar-refractivity contribution in [3.8, 4) is 11.4 Å². The van der Waals surface area contributed by atoms with E-state index in [9.17, 15) is 0 Å². The van der Waals surface area contributed by atoms with Crippen LogP contribution in [0.3, 0.4) is 0 Å². The quantitative estimate of drug-likeness (QED) is 0.794. The Bertz CT molecular complexity index is 911. The van der Waals surface area contributed by atoms with Crippen molar-refractivity contribution in [1.82, 2.24) is 14.9 Å². The van der Waals surface area contributed by atoms with Gasteiger partial charge in [0.2, 0.25) is 5.16 Å². The van der Waals surface area contributed by atoms with Crippen LogP contribution in [0.2, 0.25) is 0 Å². The van der Waals surface area contributed by atoms with Gasteiger partial charge in [-0.25, -0.2) is 0 Å². The summed E-state index contributed by atoms with van der Waals surface area (Å²) in [7, 11) is 1.90. The summed E-state index contributed by atoms with van der Waals surface area (Å²) in [4.78, 5) is 0. The van der Waals surface area contributed by atoms with Crippen LogP contribution in [0.25, 0.3) is 11.4 Å². The van der Waals surface area contributed by atoms with Crippen molar-refractivity contribution < 1.29 is 0 Å². The molecule has 1 N–H and O–H groups in total. The fourth-order valence-electron chi connectivity index (χ4n) is 2.68. The Morgan fingerprint density at radius 2 is 1.83 bits per heavy atom. The SMILES string of the molecule is CNc1ccccc1-c1nnc2n1N=C(c1ccc(C)cc1)CS2. The van der Waals surface area contributed by atoms with Gasteiger partial charge in [0.15, 0.2) is 5.82 Å². The van der Waals surface area contributed by atoms with Gasteiger partial charge in [-0.3, -0.25) is 0 Å². The van der Waals surface area contributed by atoms with Gasteiger partial charge in [-0.15, -0.1) is 10.2 Å². The number of rotatable bonds is 3. The molecule has 0 spiro atoms. The van der Waals surface area contributed by atoms with Crippen LogP contribution >= 0.6 is 11.8 Å². The normalized spacial score (nSPS) is 13.3. The van der Waals surface area contributed by atoms with Crippen molar-refractivity contribution >= 4 is 23.2 Å². The lowest BCUT2D eigenvalue weighted by Crippen LogP contribution is -2.14. The number of nitrogens with zero attached hydrogens (tertiary/aromatic N) is 4. The number of fused-ring (bicyclic) bond motifs is 1. The van der Waals surface area contributed by atoms with E-state index in [0.717, 1.165) is 39.3 Å². The second-order valence-corrected chi connectivity index (χ2v) is 6.56. The predicted molar refractivity (Wildman–Crippen MR) is 98.8 cm³/mol. The maximum Gasteiger partial charge on any atom is 0.212 e. The number of hydrogen-bond donors (Lipinski definition) is 1. The summed E-state index contributed by atoms with van der Waals surface area (Å²) in [6.45, 7) is 2.09. The second kappa shape index (κ2) is 6.13. The molecule has 1 aliphatic rings. The summed E-state index contributed by atoms with van der Waals surface area (Å²) in [5, 5.41) is 17.5. The molecule has 0 unspecified atom stereocenters. The number of para-hydroxylation sites is 1. The van der Waals surface area contributed by atoms with Crippen molar-refractivity contribution in [2.24, 2.45) is 5.10 Å². The van der Waals surface area contributed by atoms with Crippen LogP contribution in [-0.4, -0.2) is 33.4 Å². The lowest BCUT2D eigenvalue weighted by atomic mass is 10.1. The number of aromatic nitrogens is 3. The van der Waals surface area contributed by atoms with E-state index < -0.39 is 0 Å². The van der Waals surface area contributed by atoms with Gasteiger partial charge in [0, 0.05) is 24.1 Å². The van der Waals surface area contributed by atoms with E-state index in [0.29, 0.717) is 0 Å². The van der Waals surface area contributed by atoms with Gasteiger partial charge in [-0.05, 0) is 24.6 Å². The average molecular weight is 335 g/mol. The molecule has 0 fully saturated rings. The Kier molecular flexibility index (Phi) is 3.82. The highest BCUT2D eigenvalue weighted by Crippen LogP contribution is 2.31. The summed E-state index contributed by atoms with van der Waals surface area (Å²) < 4.78 is 1.85. The molecule has 3 aromatic rings. The molecule has 24 heavy (non-hydrogen) atoms. The highest BCUT2D eigenvalue weighted by atomic mass is 32.2. The summed E-state index contributed by atoms with van der Waals surface area (Å²) in [6.07, 6.45) is 0. The van der Waals surface area contributed by atoms with Gasteiger partial charge in [0.25, 0.3) is 0 Å². The van der Waals surface area contributed by atoms with Crippen molar-refractivity contribution in [3.63, 3.8) is 0 Å².